The number of amides is 3. The van der Waals surface area contributed by atoms with Gasteiger partial charge in [0.15, 0.2) is 16.7 Å². The Hall–Kier alpha value is -5.90. The minimum atomic E-state index is -4.34. The molecule has 4 aliphatic rings. The monoisotopic (exact) mass is 1110 g/mol. The largest absolute Gasteiger partial charge is 0.493 e. The van der Waals surface area contributed by atoms with Gasteiger partial charge in [-0.15, -0.1) is 0 Å². The van der Waals surface area contributed by atoms with E-state index in [1.165, 1.54) is 28.7 Å². The van der Waals surface area contributed by atoms with Crippen molar-refractivity contribution >= 4 is 82.4 Å². The van der Waals surface area contributed by atoms with Crippen LogP contribution in [0.1, 0.15) is 98.7 Å². The van der Waals surface area contributed by atoms with Crippen molar-refractivity contribution < 1.29 is 58.6 Å². The second-order valence-corrected chi connectivity index (χ2v) is 25.8. The van der Waals surface area contributed by atoms with Crippen molar-refractivity contribution in [2.45, 2.75) is 107 Å². The highest BCUT2D eigenvalue weighted by molar-refractivity contribution is 8.76. The van der Waals surface area contributed by atoms with Gasteiger partial charge in [-0.3, -0.25) is 27.5 Å². The normalized spacial score (nSPS) is 18.0. The zero-order valence-corrected chi connectivity index (χ0v) is 46.3. The number of Topliss-reactive ketones (excluding diaryl/α,β-unsaturated/α-hetero) is 1. The van der Waals surface area contributed by atoms with E-state index in [9.17, 15) is 36.0 Å². The number of carbonyl (C=O) groups excluding carboxylic acids is 4. The van der Waals surface area contributed by atoms with Crippen molar-refractivity contribution in [3.8, 4) is 17.2 Å². The van der Waals surface area contributed by atoms with E-state index >= 15 is 0 Å². The Labute approximate surface area is 452 Å². The fraction of sp³-hybridized carbons (Fsp3) is 0.393. The molecule has 402 valence electrons. The van der Waals surface area contributed by atoms with Crippen molar-refractivity contribution in [2.24, 2.45) is 0 Å². The Bertz CT molecular complexity index is 3300. The summed E-state index contributed by atoms with van der Waals surface area (Å²) in [6.07, 6.45) is 4.10. The van der Waals surface area contributed by atoms with Gasteiger partial charge in [-0.25, -0.2) is 0 Å². The van der Waals surface area contributed by atoms with Crippen LogP contribution in [0.4, 0.5) is 17.1 Å². The van der Waals surface area contributed by atoms with Crippen LogP contribution in [-0.2, 0) is 77.1 Å². The zero-order valence-electron chi connectivity index (χ0n) is 43.0. The third-order valence-electron chi connectivity index (χ3n) is 14.6. The van der Waals surface area contributed by atoms with Crippen molar-refractivity contribution in [2.75, 3.05) is 48.0 Å². The molecule has 76 heavy (non-hydrogen) atoms. The number of hydrogen-bond donors (Lipinski definition) is 1. The maximum absolute atomic E-state index is 14.4. The van der Waals surface area contributed by atoms with Crippen LogP contribution in [0.15, 0.2) is 91.0 Å². The third kappa shape index (κ3) is 11.5. The topological polar surface area (TPSA) is 201 Å². The fourth-order valence-corrected chi connectivity index (χ4v) is 15.2. The van der Waals surface area contributed by atoms with Crippen LogP contribution in [0, 0.1) is 6.92 Å². The number of nitrogens with zero attached hydrogens (tertiary/aromatic N) is 2. The Morgan fingerprint density at radius 1 is 0.711 bits per heavy atom. The number of methoxy groups -OCH3 is 1. The lowest BCUT2D eigenvalue weighted by Crippen LogP contribution is -2.47. The molecular formula is C56H61N3O13S4. The number of rotatable bonds is 22. The van der Waals surface area contributed by atoms with Crippen LogP contribution in [0.5, 0.6) is 17.2 Å². The van der Waals surface area contributed by atoms with Gasteiger partial charge in [0, 0.05) is 58.6 Å². The van der Waals surface area contributed by atoms with E-state index in [0.717, 1.165) is 49.4 Å². The van der Waals surface area contributed by atoms with E-state index in [-0.39, 0.29) is 55.4 Å². The Morgan fingerprint density at radius 3 is 2.03 bits per heavy atom. The number of fused-ring (bicyclic) bond motifs is 8. The first-order valence-corrected chi connectivity index (χ1v) is 30.7. The summed E-state index contributed by atoms with van der Waals surface area (Å²) in [5, 5.41) is 0.187. The lowest BCUT2D eigenvalue weighted by molar-refractivity contribution is -0.119. The molecular weight excluding hydrogens is 1050 g/mol. The van der Waals surface area contributed by atoms with Crippen LogP contribution in [-0.4, -0.2) is 95.8 Å². The van der Waals surface area contributed by atoms with Gasteiger partial charge in [0.1, 0.15) is 30.0 Å². The first-order valence-electron chi connectivity index (χ1n) is 25.3. The van der Waals surface area contributed by atoms with E-state index in [0.29, 0.717) is 99.9 Å². The summed E-state index contributed by atoms with van der Waals surface area (Å²) in [4.78, 5) is 57.9. The van der Waals surface area contributed by atoms with Gasteiger partial charge < -0.3 is 29.3 Å². The molecule has 4 heterocycles. The summed E-state index contributed by atoms with van der Waals surface area (Å²) < 4.78 is 82.5. The number of ether oxygens (including phenoxy) is 3. The number of para-hydroxylation sites is 2. The summed E-state index contributed by atoms with van der Waals surface area (Å²) >= 11 is 0. The molecule has 0 fully saturated rings. The predicted molar refractivity (Wildman–Crippen MR) is 295 cm³/mol. The molecule has 2 unspecified atom stereocenters. The second-order valence-electron chi connectivity index (χ2n) is 19.3. The molecule has 0 saturated carbocycles. The number of benzene rings is 5. The molecule has 0 radical (unpaired) electrons. The average molecular weight is 1110 g/mol. The molecule has 16 nitrogen and oxygen atoms in total. The van der Waals surface area contributed by atoms with Crippen LogP contribution in [0.2, 0.25) is 0 Å². The van der Waals surface area contributed by atoms with Gasteiger partial charge in [0.05, 0.1) is 27.4 Å². The molecule has 0 aliphatic carbocycles. The molecule has 9 rings (SSSR count). The lowest BCUT2D eigenvalue weighted by Gasteiger charge is -2.28. The van der Waals surface area contributed by atoms with Gasteiger partial charge in [-0.2, -0.15) is 16.8 Å². The van der Waals surface area contributed by atoms with Crippen molar-refractivity contribution in [3.05, 3.63) is 141 Å². The molecule has 4 aliphatic heterocycles. The Morgan fingerprint density at radius 2 is 1.34 bits per heavy atom. The molecule has 0 spiro atoms. The van der Waals surface area contributed by atoms with Crippen molar-refractivity contribution in [3.63, 3.8) is 0 Å². The van der Waals surface area contributed by atoms with E-state index in [2.05, 4.69) is 11.4 Å². The predicted octanol–water partition coefficient (Wildman–Crippen LogP) is 8.97. The Balaban J connectivity index is 0.989. The minimum Gasteiger partial charge on any atom is -0.493 e. The smallest absolute Gasteiger partial charge is 0.279 e. The summed E-state index contributed by atoms with van der Waals surface area (Å²) in [6.45, 7) is 3.50. The third-order valence-corrected chi connectivity index (χ3v) is 20.4. The van der Waals surface area contributed by atoms with Crippen LogP contribution in [0.25, 0.3) is 0 Å². The molecule has 5 aromatic carbocycles. The number of carbonyl (C=O) groups is 4. The number of ketones is 1. The minimum absolute atomic E-state index is 0.0120. The molecule has 20 heteroatoms. The van der Waals surface area contributed by atoms with Gasteiger partial charge in [-0.1, -0.05) is 64.9 Å². The van der Waals surface area contributed by atoms with E-state index in [4.69, 9.17) is 22.6 Å². The number of aryl methyl sites for hydroxylation is 2. The Kier molecular flexibility index (Phi) is 16.9. The summed E-state index contributed by atoms with van der Waals surface area (Å²) in [6, 6.07) is 26.8. The highest BCUT2D eigenvalue weighted by Crippen LogP contribution is 2.43. The van der Waals surface area contributed by atoms with E-state index in [1.807, 2.05) is 66.4 Å². The summed E-state index contributed by atoms with van der Waals surface area (Å²) in [5.74, 6) is 1.11. The summed E-state index contributed by atoms with van der Waals surface area (Å²) in [5.41, 5.74) is 7.78. The van der Waals surface area contributed by atoms with Gasteiger partial charge in [0.25, 0.3) is 32.1 Å². The summed E-state index contributed by atoms with van der Waals surface area (Å²) in [7, 11) is -1.89. The quantitative estimate of drug-likeness (QED) is 0.0391. The number of nitrogens with one attached hydrogen (secondary N) is 1. The molecule has 4 atom stereocenters. The molecule has 3 amide bonds. The standard InChI is InChI=1S/C56H61N3O13S4/c1-6-43(60)14-11-20-73-74-21-19-52(75(64,65)69-4)54(61)57-41-24-35(23-36(25-41)33-72-51-28-37-17-18-42-26-38-12-7-9-15-46(38)58(42)55(62)45(37)31-50(51)68-3)32-71-49-29-40-30-53(76(66,67)70-5)48-27-39-13-8-10-16-47(39)59(48)56(63)44(40)22-34(49)2/h7-10,12-13,15-16,22-25,28-29,31,42,48,52-53H,6,11,14,17-21,26-27,30,32-33H2,1-5H3,(H,57,61)/t42-,48+,52?,53?/m1/s1. The first-order chi connectivity index (χ1) is 36.5. The van der Waals surface area contributed by atoms with E-state index in [1.54, 1.807) is 42.2 Å². The van der Waals surface area contributed by atoms with Crippen LogP contribution in [0.3, 0.4) is 0 Å². The second kappa shape index (κ2) is 23.4. The van der Waals surface area contributed by atoms with Gasteiger partial charge in [0.2, 0.25) is 5.91 Å². The molecule has 1 N–H and O–H groups in total. The molecule has 5 aromatic rings. The van der Waals surface area contributed by atoms with E-state index < -0.39 is 42.7 Å². The average Bonchev–Trinajstić information content (AvgIpc) is 3.94. The number of hydrogen-bond acceptors (Lipinski definition) is 15. The van der Waals surface area contributed by atoms with Gasteiger partial charge in [-0.05, 0) is 145 Å². The number of anilines is 3. The van der Waals surface area contributed by atoms with Crippen LogP contribution < -0.4 is 29.3 Å². The fourth-order valence-electron chi connectivity index (χ4n) is 10.7. The van der Waals surface area contributed by atoms with Gasteiger partial charge >= 0.3 is 0 Å². The maximum atomic E-state index is 14.4. The molecule has 0 aromatic heterocycles. The maximum Gasteiger partial charge on any atom is 0.279 e. The lowest BCUT2D eigenvalue weighted by atomic mass is 9.97. The zero-order chi connectivity index (χ0) is 53.9. The van der Waals surface area contributed by atoms with Crippen molar-refractivity contribution in [1.29, 1.82) is 0 Å². The highest BCUT2D eigenvalue weighted by atomic mass is 33.1. The van der Waals surface area contributed by atoms with Crippen molar-refractivity contribution in [1.82, 2.24) is 0 Å². The first kappa shape index (κ1) is 54.9. The SMILES string of the molecule is CCC(=O)CCCSSCCC(C(=O)Nc1cc(COc2cc3c(cc2C)C(=O)N2c4ccccc4C[C@H]2C(S(=O)(=O)OC)C3)cc(COc2cc3c(cc2OC)C(=O)N2c4ccccc4C[C@H]2CC3)c1)S(=O)(=O)OC. The molecule has 0 saturated heterocycles. The highest BCUT2D eigenvalue weighted by Gasteiger charge is 2.48. The molecule has 0 bridgehead atoms. The van der Waals surface area contributed by atoms with Crippen LogP contribution >= 0.6 is 21.6 Å².